The Balaban J connectivity index is 1.46. The number of thiophene rings is 1. The van der Waals surface area contributed by atoms with E-state index in [1.165, 1.54) is 10.9 Å². The van der Waals surface area contributed by atoms with Gasteiger partial charge in [0.25, 0.3) is 0 Å². The molecule has 0 unspecified atom stereocenters. The first-order valence-corrected chi connectivity index (χ1v) is 10.0. The molecule has 2 heterocycles. The van der Waals surface area contributed by atoms with Crippen LogP contribution in [-0.2, 0) is 16.1 Å². The predicted molar refractivity (Wildman–Crippen MR) is 106 cm³/mol. The van der Waals surface area contributed by atoms with E-state index >= 15 is 0 Å². The smallest absolute Gasteiger partial charge is 0.236 e. The number of nitrogens with one attached hydrogen (secondary N) is 1. The highest BCUT2D eigenvalue weighted by Gasteiger charge is 2.21. The van der Waals surface area contributed by atoms with Crippen molar-refractivity contribution >= 4 is 17.2 Å². The second-order valence-corrected chi connectivity index (χ2v) is 7.74. The number of ether oxygens (including phenoxy) is 1. The first kappa shape index (κ1) is 19.9. The lowest BCUT2D eigenvalue weighted by Gasteiger charge is -2.34. The number of methoxy groups -OCH3 is 1. The normalized spacial score (nSPS) is 15.3. The Morgan fingerprint density at radius 2 is 1.96 bits per heavy atom. The number of hydrogen-bond donors (Lipinski definition) is 1. The third-order valence-corrected chi connectivity index (χ3v) is 5.77. The van der Waals surface area contributed by atoms with Gasteiger partial charge in [0.1, 0.15) is 5.82 Å². The fourth-order valence-corrected chi connectivity index (χ4v) is 4.20. The van der Waals surface area contributed by atoms with E-state index in [4.69, 9.17) is 4.74 Å². The lowest BCUT2D eigenvalue weighted by Crippen LogP contribution is -2.50. The molecule has 1 N–H and O–H groups in total. The van der Waals surface area contributed by atoms with Gasteiger partial charge in [0.05, 0.1) is 13.2 Å². The first-order valence-electron chi connectivity index (χ1n) is 9.21. The molecular formula is C20H26FN3O2S. The van der Waals surface area contributed by atoms with E-state index in [0.29, 0.717) is 25.3 Å². The molecule has 27 heavy (non-hydrogen) atoms. The molecule has 1 saturated heterocycles. The number of hydrogen-bond acceptors (Lipinski definition) is 5. The Morgan fingerprint density at radius 3 is 2.70 bits per heavy atom. The minimum atomic E-state index is -0.183. The summed E-state index contributed by atoms with van der Waals surface area (Å²) in [6, 6.07) is 10.9. The average Bonchev–Trinajstić information content (AvgIpc) is 3.14. The number of rotatable bonds is 8. The van der Waals surface area contributed by atoms with Crippen molar-refractivity contribution in [1.82, 2.24) is 15.1 Å². The van der Waals surface area contributed by atoms with Crippen LogP contribution in [0.5, 0.6) is 0 Å². The molecule has 0 aliphatic carbocycles. The Labute approximate surface area is 163 Å². The third-order valence-electron chi connectivity index (χ3n) is 4.66. The zero-order valence-corrected chi connectivity index (χ0v) is 16.4. The summed E-state index contributed by atoms with van der Waals surface area (Å²) in [5.74, 6) is -0.0409. The third kappa shape index (κ3) is 5.59. The summed E-state index contributed by atoms with van der Waals surface area (Å²) < 4.78 is 18.9. The van der Waals surface area contributed by atoms with Crippen LogP contribution in [-0.4, -0.2) is 68.7 Å². The minimum Gasteiger partial charge on any atom is -0.383 e. The van der Waals surface area contributed by atoms with Crippen LogP contribution in [0.4, 0.5) is 4.39 Å². The number of piperazine rings is 1. The van der Waals surface area contributed by atoms with Crippen LogP contribution in [0.15, 0.2) is 36.4 Å². The molecule has 0 spiro atoms. The molecule has 3 rings (SSSR count). The molecule has 1 fully saturated rings. The second kappa shape index (κ2) is 9.94. The Kier molecular flexibility index (Phi) is 7.34. The molecule has 0 saturated carbocycles. The molecule has 7 heteroatoms. The number of amides is 1. The summed E-state index contributed by atoms with van der Waals surface area (Å²) in [6.07, 6.45) is 0. The molecule has 1 aromatic heterocycles. The molecular weight excluding hydrogens is 365 g/mol. The fourth-order valence-electron chi connectivity index (χ4n) is 3.13. The summed E-state index contributed by atoms with van der Waals surface area (Å²) >= 11 is 1.63. The summed E-state index contributed by atoms with van der Waals surface area (Å²) in [7, 11) is 1.65. The summed E-state index contributed by atoms with van der Waals surface area (Å²) in [5.41, 5.74) is 0.658. The minimum absolute atomic E-state index is 0.142. The first-order chi connectivity index (χ1) is 13.2. The van der Waals surface area contributed by atoms with Gasteiger partial charge >= 0.3 is 0 Å². The zero-order valence-electron chi connectivity index (χ0n) is 15.6. The Bertz CT molecular complexity index is 744. The van der Waals surface area contributed by atoms with Crippen LogP contribution in [0.25, 0.3) is 10.4 Å². The van der Waals surface area contributed by atoms with E-state index in [0.717, 1.165) is 37.6 Å². The van der Waals surface area contributed by atoms with Crippen molar-refractivity contribution in [2.75, 3.05) is 53.0 Å². The molecule has 1 aromatic carbocycles. The Hall–Kier alpha value is -1.80. The van der Waals surface area contributed by atoms with E-state index < -0.39 is 0 Å². The standard InChI is InChI=1S/C20H26FN3O2S/c1-26-13-8-22-14-20(25)24-11-9-23(10-12-24)15-16-6-7-19(27-16)17-4-2-3-5-18(17)21/h2-7,22H,8-15H2,1H3. The number of benzene rings is 1. The van der Waals surface area contributed by atoms with Crippen molar-refractivity contribution < 1.29 is 13.9 Å². The topological polar surface area (TPSA) is 44.8 Å². The number of carbonyl (C=O) groups excluding carboxylic acids is 1. The molecule has 0 radical (unpaired) electrons. The summed E-state index contributed by atoms with van der Waals surface area (Å²) in [4.78, 5) is 18.6. The SMILES string of the molecule is COCCNCC(=O)N1CCN(Cc2ccc(-c3ccccc3F)s2)CC1. The van der Waals surface area contributed by atoms with E-state index in [1.807, 2.05) is 23.1 Å². The van der Waals surface area contributed by atoms with E-state index in [2.05, 4.69) is 16.3 Å². The molecule has 146 valence electrons. The molecule has 1 aliphatic rings. The van der Waals surface area contributed by atoms with Crippen molar-refractivity contribution in [3.05, 3.63) is 47.1 Å². The van der Waals surface area contributed by atoms with E-state index in [1.54, 1.807) is 24.5 Å². The van der Waals surface area contributed by atoms with E-state index in [9.17, 15) is 9.18 Å². The second-order valence-electron chi connectivity index (χ2n) is 6.57. The lowest BCUT2D eigenvalue weighted by molar-refractivity contribution is -0.132. The highest BCUT2D eigenvalue weighted by Crippen LogP contribution is 2.30. The van der Waals surface area contributed by atoms with Crippen molar-refractivity contribution in [3.8, 4) is 10.4 Å². The lowest BCUT2D eigenvalue weighted by atomic mass is 10.2. The number of nitrogens with zero attached hydrogens (tertiary/aromatic N) is 2. The van der Waals surface area contributed by atoms with Gasteiger partial charge in [-0.05, 0) is 18.2 Å². The maximum absolute atomic E-state index is 13.9. The quantitative estimate of drug-likeness (QED) is 0.702. The largest absolute Gasteiger partial charge is 0.383 e. The fraction of sp³-hybridized carbons (Fsp3) is 0.450. The average molecular weight is 392 g/mol. The highest BCUT2D eigenvalue weighted by molar-refractivity contribution is 7.15. The van der Waals surface area contributed by atoms with Gasteiger partial charge in [0.2, 0.25) is 5.91 Å². The maximum Gasteiger partial charge on any atom is 0.236 e. The van der Waals surface area contributed by atoms with Gasteiger partial charge in [-0.15, -0.1) is 11.3 Å². The summed E-state index contributed by atoms with van der Waals surface area (Å²) in [6.45, 7) is 5.70. The zero-order chi connectivity index (χ0) is 19.1. The van der Waals surface area contributed by atoms with Crippen molar-refractivity contribution in [1.29, 1.82) is 0 Å². The molecule has 1 amide bonds. The van der Waals surface area contributed by atoms with Gasteiger partial charge in [-0.3, -0.25) is 9.69 Å². The van der Waals surface area contributed by atoms with Crippen molar-refractivity contribution in [2.45, 2.75) is 6.54 Å². The molecule has 0 atom stereocenters. The summed E-state index contributed by atoms with van der Waals surface area (Å²) in [5, 5.41) is 3.10. The van der Waals surface area contributed by atoms with Crippen LogP contribution in [0.3, 0.4) is 0 Å². The van der Waals surface area contributed by atoms with Gasteiger partial charge in [0, 0.05) is 61.7 Å². The molecule has 0 bridgehead atoms. The highest BCUT2D eigenvalue weighted by atomic mass is 32.1. The molecule has 1 aliphatic heterocycles. The van der Waals surface area contributed by atoms with E-state index in [-0.39, 0.29) is 11.7 Å². The number of carbonyl (C=O) groups is 1. The van der Waals surface area contributed by atoms with Gasteiger partial charge in [0.15, 0.2) is 0 Å². The van der Waals surface area contributed by atoms with Crippen LogP contribution in [0.2, 0.25) is 0 Å². The van der Waals surface area contributed by atoms with Gasteiger partial charge < -0.3 is 15.0 Å². The van der Waals surface area contributed by atoms with Crippen molar-refractivity contribution in [2.24, 2.45) is 0 Å². The number of halogens is 1. The van der Waals surface area contributed by atoms with Gasteiger partial charge in [-0.2, -0.15) is 0 Å². The van der Waals surface area contributed by atoms with Crippen LogP contribution in [0, 0.1) is 5.82 Å². The van der Waals surface area contributed by atoms with Gasteiger partial charge in [-0.25, -0.2) is 4.39 Å². The van der Waals surface area contributed by atoms with Crippen LogP contribution >= 0.6 is 11.3 Å². The van der Waals surface area contributed by atoms with Gasteiger partial charge in [-0.1, -0.05) is 18.2 Å². The Morgan fingerprint density at radius 1 is 1.19 bits per heavy atom. The maximum atomic E-state index is 13.9. The van der Waals surface area contributed by atoms with Crippen LogP contribution < -0.4 is 5.32 Å². The monoisotopic (exact) mass is 391 g/mol. The van der Waals surface area contributed by atoms with Crippen LogP contribution in [0.1, 0.15) is 4.88 Å². The molecule has 2 aromatic rings. The predicted octanol–water partition coefficient (Wildman–Crippen LogP) is 2.43. The van der Waals surface area contributed by atoms with Crippen molar-refractivity contribution in [3.63, 3.8) is 0 Å². The molecule has 5 nitrogen and oxygen atoms in total.